The Morgan fingerprint density at radius 1 is 1.04 bits per heavy atom. The molecule has 7 heteroatoms. The van der Waals surface area contributed by atoms with Gasteiger partial charge in [-0.3, -0.25) is 9.59 Å². The van der Waals surface area contributed by atoms with Crippen LogP contribution >= 0.6 is 27.3 Å². The molecule has 0 spiro atoms. The number of thiophene rings is 1. The van der Waals surface area contributed by atoms with E-state index in [0.717, 1.165) is 9.35 Å². The highest BCUT2D eigenvalue weighted by molar-refractivity contribution is 9.10. The number of hydrogen-bond donors (Lipinski definition) is 0. The average Bonchev–Trinajstić information content (AvgIpc) is 3.22. The first-order valence-corrected chi connectivity index (χ1v) is 9.59. The van der Waals surface area contributed by atoms with Gasteiger partial charge >= 0.3 is 0 Å². The van der Waals surface area contributed by atoms with Gasteiger partial charge in [-0.25, -0.2) is 4.90 Å². The van der Waals surface area contributed by atoms with E-state index in [4.69, 9.17) is 4.74 Å². The maximum Gasteiger partial charge on any atom is 0.282 e. The lowest BCUT2D eigenvalue weighted by Crippen LogP contribution is -2.40. The Hall–Kier alpha value is -1.96. The van der Waals surface area contributed by atoms with Gasteiger partial charge in [0.1, 0.15) is 5.70 Å². The van der Waals surface area contributed by atoms with Crippen molar-refractivity contribution in [2.75, 3.05) is 31.2 Å². The number of nitrogens with zero attached hydrogens (tertiary/aromatic N) is 2. The summed E-state index contributed by atoms with van der Waals surface area (Å²) in [5, 5.41) is 1.92. The molecule has 1 aromatic heterocycles. The lowest BCUT2D eigenvalue weighted by atomic mass is 10.1. The number of ether oxygens (including phenoxy) is 1. The third kappa shape index (κ3) is 2.92. The summed E-state index contributed by atoms with van der Waals surface area (Å²) in [6, 6.07) is 11.0. The molecule has 0 N–H and O–H groups in total. The van der Waals surface area contributed by atoms with E-state index in [1.54, 1.807) is 12.1 Å². The van der Waals surface area contributed by atoms with Crippen LogP contribution in [0.4, 0.5) is 5.69 Å². The van der Waals surface area contributed by atoms with E-state index >= 15 is 0 Å². The lowest BCUT2D eigenvalue weighted by Gasteiger charge is -2.29. The molecule has 1 aromatic carbocycles. The van der Waals surface area contributed by atoms with Crippen LogP contribution in [0.2, 0.25) is 0 Å². The lowest BCUT2D eigenvalue weighted by molar-refractivity contribution is -0.121. The third-order valence-electron chi connectivity index (χ3n) is 4.22. The van der Waals surface area contributed by atoms with Gasteiger partial charge in [0, 0.05) is 22.4 Å². The summed E-state index contributed by atoms with van der Waals surface area (Å²) in [7, 11) is 0. The fraction of sp³-hybridized carbons (Fsp3) is 0.222. The normalized spacial score (nSPS) is 18.4. The molecular formula is C18H15BrN2O3S. The van der Waals surface area contributed by atoms with Gasteiger partial charge in [0.15, 0.2) is 0 Å². The Bertz CT molecular complexity index is 857. The largest absolute Gasteiger partial charge is 0.378 e. The number of rotatable bonds is 3. The van der Waals surface area contributed by atoms with Crippen LogP contribution in [0.5, 0.6) is 0 Å². The first-order valence-electron chi connectivity index (χ1n) is 7.92. The summed E-state index contributed by atoms with van der Waals surface area (Å²) >= 11 is 4.88. The Kier molecular flexibility index (Phi) is 4.45. The van der Waals surface area contributed by atoms with E-state index in [2.05, 4.69) is 15.9 Å². The SMILES string of the molecule is O=C1C(c2cccs2)=C(N2CCOCC2)C(=O)N1c1cccc(Br)c1. The van der Waals surface area contributed by atoms with E-state index in [1.165, 1.54) is 16.2 Å². The minimum absolute atomic E-state index is 0.270. The minimum atomic E-state index is -0.271. The van der Waals surface area contributed by atoms with Gasteiger partial charge in [0.2, 0.25) is 0 Å². The zero-order valence-electron chi connectivity index (χ0n) is 13.3. The highest BCUT2D eigenvalue weighted by Crippen LogP contribution is 2.37. The van der Waals surface area contributed by atoms with Crippen molar-refractivity contribution < 1.29 is 14.3 Å². The predicted octanol–water partition coefficient (Wildman–Crippen LogP) is 3.13. The summed E-state index contributed by atoms with van der Waals surface area (Å²) < 4.78 is 6.22. The maximum absolute atomic E-state index is 13.2. The Balaban J connectivity index is 1.81. The molecule has 0 unspecified atom stereocenters. The van der Waals surface area contributed by atoms with Crippen molar-refractivity contribution in [3.63, 3.8) is 0 Å². The number of anilines is 1. The number of carbonyl (C=O) groups excluding carboxylic acids is 2. The number of hydrogen-bond acceptors (Lipinski definition) is 5. The molecule has 128 valence electrons. The monoisotopic (exact) mass is 418 g/mol. The Morgan fingerprint density at radius 2 is 1.84 bits per heavy atom. The predicted molar refractivity (Wildman–Crippen MR) is 100 cm³/mol. The van der Waals surface area contributed by atoms with Gasteiger partial charge in [0.25, 0.3) is 11.8 Å². The van der Waals surface area contributed by atoms with Crippen molar-refractivity contribution in [1.82, 2.24) is 4.90 Å². The number of morpholine rings is 1. The zero-order chi connectivity index (χ0) is 17.4. The van der Waals surface area contributed by atoms with Crippen LogP contribution in [-0.4, -0.2) is 43.0 Å². The number of amides is 2. The second kappa shape index (κ2) is 6.74. The standard InChI is InChI=1S/C18H15BrN2O3S/c19-12-3-1-4-13(11-12)21-17(22)15(14-5-2-10-25-14)16(18(21)23)20-6-8-24-9-7-20/h1-5,10-11H,6-9H2. The number of halogens is 1. The van der Waals surface area contributed by atoms with E-state index in [-0.39, 0.29) is 11.8 Å². The van der Waals surface area contributed by atoms with Crippen molar-refractivity contribution in [3.05, 3.63) is 56.8 Å². The smallest absolute Gasteiger partial charge is 0.282 e. The molecule has 0 aliphatic carbocycles. The molecule has 1 saturated heterocycles. The second-order valence-electron chi connectivity index (χ2n) is 5.73. The highest BCUT2D eigenvalue weighted by atomic mass is 79.9. The molecule has 0 atom stereocenters. The molecular weight excluding hydrogens is 404 g/mol. The number of benzene rings is 1. The molecule has 2 aliphatic rings. The molecule has 0 bridgehead atoms. The van der Waals surface area contributed by atoms with Crippen molar-refractivity contribution in [2.45, 2.75) is 0 Å². The van der Waals surface area contributed by atoms with Crippen LogP contribution in [0.25, 0.3) is 5.57 Å². The summed E-state index contributed by atoms with van der Waals surface area (Å²) in [4.78, 5) is 30.4. The molecule has 3 heterocycles. The molecule has 0 saturated carbocycles. The number of carbonyl (C=O) groups is 2. The van der Waals surface area contributed by atoms with Crippen LogP contribution in [0.3, 0.4) is 0 Å². The third-order valence-corrected chi connectivity index (χ3v) is 5.60. The van der Waals surface area contributed by atoms with Crippen LogP contribution < -0.4 is 4.90 Å². The van der Waals surface area contributed by atoms with Gasteiger partial charge in [0.05, 0.1) is 24.5 Å². The van der Waals surface area contributed by atoms with Gasteiger partial charge < -0.3 is 9.64 Å². The Morgan fingerprint density at radius 3 is 2.52 bits per heavy atom. The van der Waals surface area contributed by atoms with E-state index in [9.17, 15) is 9.59 Å². The van der Waals surface area contributed by atoms with Crippen molar-refractivity contribution in [1.29, 1.82) is 0 Å². The van der Waals surface area contributed by atoms with Crippen molar-refractivity contribution >= 4 is 50.3 Å². The molecule has 25 heavy (non-hydrogen) atoms. The van der Waals surface area contributed by atoms with E-state index in [1.807, 2.05) is 34.5 Å². The fourth-order valence-corrected chi connectivity index (χ4v) is 4.24. The topological polar surface area (TPSA) is 49.9 Å². The minimum Gasteiger partial charge on any atom is -0.378 e. The quantitative estimate of drug-likeness (QED) is 0.718. The fourth-order valence-electron chi connectivity index (χ4n) is 3.09. The van der Waals surface area contributed by atoms with Crippen LogP contribution in [0.15, 0.2) is 51.9 Å². The summed E-state index contributed by atoms with van der Waals surface area (Å²) in [6.45, 7) is 2.32. The van der Waals surface area contributed by atoms with Gasteiger partial charge in [-0.2, -0.15) is 0 Å². The van der Waals surface area contributed by atoms with E-state index < -0.39 is 0 Å². The van der Waals surface area contributed by atoms with Crippen LogP contribution in [0, 0.1) is 0 Å². The Labute approximate surface area is 157 Å². The first-order chi connectivity index (χ1) is 12.2. The van der Waals surface area contributed by atoms with Gasteiger partial charge in [-0.1, -0.05) is 28.1 Å². The number of imide groups is 1. The maximum atomic E-state index is 13.2. The molecule has 2 aromatic rings. The summed E-state index contributed by atoms with van der Waals surface area (Å²) in [5.74, 6) is -0.541. The van der Waals surface area contributed by atoms with Crippen LogP contribution in [0.1, 0.15) is 4.88 Å². The van der Waals surface area contributed by atoms with E-state index in [0.29, 0.717) is 43.3 Å². The second-order valence-corrected chi connectivity index (χ2v) is 7.59. The van der Waals surface area contributed by atoms with Crippen LogP contribution in [-0.2, 0) is 14.3 Å². The first kappa shape index (κ1) is 16.5. The average molecular weight is 419 g/mol. The zero-order valence-corrected chi connectivity index (χ0v) is 15.7. The molecule has 4 rings (SSSR count). The van der Waals surface area contributed by atoms with Gasteiger partial charge in [-0.05, 0) is 29.6 Å². The molecule has 2 aliphatic heterocycles. The highest BCUT2D eigenvalue weighted by Gasteiger charge is 2.43. The van der Waals surface area contributed by atoms with Crippen molar-refractivity contribution in [2.24, 2.45) is 0 Å². The van der Waals surface area contributed by atoms with Gasteiger partial charge in [-0.15, -0.1) is 11.3 Å². The molecule has 5 nitrogen and oxygen atoms in total. The molecule has 0 radical (unpaired) electrons. The molecule has 1 fully saturated rings. The summed E-state index contributed by atoms with van der Waals surface area (Å²) in [5.41, 5.74) is 1.54. The molecule has 2 amide bonds. The van der Waals surface area contributed by atoms with Crippen molar-refractivity contribution in [3.8, 4) is 0 Å². The summed E-state index contributed by atoms with van der Waals surface area (Å²) in [6.07, 6.45) is 0.